The van der Waals surface area contributed by atoms with Crippen LogP contribution >= 0.6 is 12.8 Å². The number of nitrogens with one attached hydrogen (secondary N) is 3. The van der Waals surface area contributed by atoms with Gasteiger partial charge in [-0.3, -0.25) is 44.3 Å². The molecule has 0 aromatic rings. The highest BCUT2D eigenvalue weighted by molar-refractivity contribution is 7.78. The van der Waals surface area contributed by atoms with E-state index in [1.165, 1.54) is 6.92 Å². The molecule has 14 nitrogen and oxygen atoms in total. The van der Waals surface area contributed by atoms with E-state index in [1.54, 1.807) is 0 Å². The summed E-state index contributed by atoms with van der Waals surface area (Å²) >= 11 is 3.88. The van der Waals surface area contributed by atoms with E-state index >= 15 is 0 Å². The second kappa shape index (κ2) is 24.3. The summed E-state index contributed by atoms with van der Waals surface area (Å²) in [5.74, 6) is -2.05. The van der Waals surface area contributed by atoms with Gasteiger partial charge in [-0.15, -0.1) is 0 Å². The molecule has 0 aromatic carbocycles. The minimum absolute atomic E-state index is 0.0183. The van der Waals surface area contributed by atoms with E-state index in [1.807, 2.05) is 0 Å². The van der Waals surface area contributed by atoms with Gasteiger partial charge in [-0.2, -0.15) is 0 Å². The zero-order chi connectivity index (χ0) is 30.2. The zero-order valence-electron chi connectivity index (χ0n) is 23.6. The lowest BCUT2D eigenvalue weighted by Gasteiger charge is -2.15. The molecule has 0 fully saturated rings. The highest BCUT2D eigenvalue weighted by Gasteiger charge is 2.14. The van der Waals surface area contributed by atoms with Crippen LogP contribution in [0.15, 0.2) is 0 Å². The molecule has 0 saturated carbocycles. The molecule has 0 spiro atoms. The minimum atomic E-state index is -0.548. The van der Waals surface area contributed by atoms with Gasteiger partial charge < -0.3 is 10.6 Å². The number of hydrogen-bond donors (Lipinski definition) is 7. The SMILES string of the molecule is CC(=O)N(O)CCCCCNC(=O)CCC(=O)N(O)CCCCCNC(=O)CCC(=O)N(O)CCCCCNS. The summed E-state index contributed by atoms with van der Waals surface area (Å²) in [5.41, 5.74) is 0. The van der Waals surface area contributed by atoms with Crippen LogP contribution in [-0.4, -0.2) is 99.6 Å². The van der Waals surface area contributed by atoms with Crippen molar-refractivity contribution in [1.82, 2.24) is 30.5 Å². The fraction of sp³-hybridized carbons (Fsp3) is 0.800. The average Bonchev–Trinajstić information content (AvgIpc) is 2.93. The van der Waals surface area contributed by atoms with E-state index < -0.39 is 17.7 Å². The Labute approximate surface area is 242 Å². The minimum Gasteiger partial charge on any atom is -0.356 e. The van der Waals surface area contributed by atoms with Gasteiger partial charge in [-0.25, -0.2) is 15.2 Å². The van der Waals surface area contributed by atoms with Crippen molar-refractivity contribution in [2.75, 3.05) is 39.3 Å². The van der Waals surface area contributed by atoms with Crippen molar-refractivity contribution >= 4 is 42.4 Å². The summed E-state index contributed by atoms with van der Waals surface area (Å²) in [6.07, 6.45) is 5.93. The zero-order valence-corrected chi connectivity index (χ0v) is 24.5. The molecular formula is C25H48N6O8S. The summed E-state index contributed by atoms with van der Waals surface area (Å²) in [4.78, 5) is 58.5. The van der Waals surface area contributed by atoms with Gasteiger partial charge in [0, 0.05) is 71.9 Å². The molecule has 0 aliphatic heterocycles. The number of rotatable bonds is 24. The number of hydrogen-bond acceptors (Lipinski definition) is 10. The number of amides is 5. The van der Waals surface area contributed by atoms with Crippen LogP contribution in [0.1, 0.15) is 90.4 Å². The van der Waals surface area contributed by atoms with Crippen molar-refractivity contribution in [3.63, 3.8) is 0 Å². The first-order chi connectivity index (χ1) is 19.1. The summed E-state index contributed by atoms with van der Waals surface area (Å²) in [7, 11) is 0. The maximum atomic E-state index is 12.0. The van der Waals surface area contributed by atoms with Gasteiger partial charge in [0.1, 0.15) is 0 Å². The first-order valence-corrected chi connectivity index (χ1v) is 14.4. The summed E-state index contributed by atoms with van der Waals surface area (Å²) < 4.78 is 2.73. The Balaban J connectivity index is 3.75. The van der Waals surface area contributed by atoms with Gasteiger partial charge in [-0.05, 0) is 51.4 Å². The van der Waals surface area contributed by atoms with Crippen molar-refractivity contribution in [1.29, 1.82) is 0 Å². The smallest absolute Gasteiger partial charge is 0.246 e. The molecule has 0 radical (unpaired) electrons. The fourth-order valence-electron chi connectivity index (χ4n) is 3.51. The number of hydroxylamine groups is 6. The summed E-state index contributed by atoms with van der Waals surface area (Å²) in [5, 5.41) is 36.2. The van der Waals surface area contributed by atoms with Crippen molar-refractivity contribution in [2.24, 2.45) is 0 Å². The van der Waals surface area contributed by atoms with Crippen LogP contribution < -0.4 is 15.4 Å². The van der Waals surface area contributed by atoms with Gasteiger partial charge in [0.2, 0.25) is 29.5 Å². The second-order valence-corrected chi connectivity index (χ2v) is 9.78. The summed E-state index contributed by atoms with van der Waals surface area (Å²) in [6.45, 7) is 3.41. The van der Waals surface area contributed by atoms with Crippen LogP contribution in [0.5, 0.6) is 0 Å². The molecular weight excluding hydrogens is 544 g/mol. The van der Waals surface area contributed by atoms with E-state index in [0.29, 0.717) is 66.8 Å². The topological polar surface area (TPSA) is 192 Å². The van der Waals surface area contributed by atoms with Gasteiger partial charge in [0.05, 0.1) is 0 Å². The van der Waals surface area contributed by atoms with Crippen LogP contribution in [-0.2, 0) is 24.0 Å². The normalized spacial score (nSPS) is 10.6. The lowest BCUT2D eigenvalue weighted by molar-refractivity contribution is -0.166. The van der Waals surface area contributed by atoms with Crippen LogP contribution in [0, 0.1) is 0 Å². The standard InChI is InChI=1S/C25H48N6O8S/c1-21(32)29(37)18-8-2-5-15-26-22(33)11-13-24(35)30(38)19-9-3-6-16-27-23(34)12-14-25(36)31(39)20-10-4-7-17-28-40/h28,37-40H,2-20H2,1H3,(H,26,33)(H,27,34). The molecule has 0 atom stereocenters. The fourth-order valence-corrected chi connectivity index (χ4v) is 3.67. The molecule has 0 unspecified atom stereocenters. The van der Waals surface area contributed by atoms with Crippen molar-refractivity contribution in [2.45, 2.75) is 90.4 Å². The quantitative estimate of drug-likeness (QED) is 0.0376. The Morgan fingerprint density at radius 1 is 0.550 bits per heavy atom. The maximum Gasteiger partial charge on any atom is 0.246 e. The number of carbonyl (C=O) groups is 5. The van der Waals surface area contributed by atoms with Gasteiger partial charge in [0.15, 0.2) is 0 Å². The summed E-state index contributed by atoms with van der Waals surface area (Å²) in [6, 6.07) is 0. The third kappa shape index (κ3) is 21.4. The molecule has 232 valence electrons. The molecule has 0 aliphatic rings. The highest BCUT2D eigenvalue weighted by atomic mass is 32.1. The Morgan fingerprint density at radius 3 is 1.30 bits per heavy atom. The van der Waals surface area contributed by atoms with Crippen LogP contribution in [0.4, 0.5) is 0 Å². The van der Waals surface area contributed by atoms with E-state index in [-0.39, 0.29) is 57.1 Å². The first-order valence-electron chi connectivity index (χ1n) is 13.9. The lowest BCUT2D eigenvalue weighted by atomic mass is 10.2. The van der Waals surface area contributed by atoms with Gasteiger partial charge in [0.25, 0.3) is 0 Å². The van der Waals surface area contributed by atoms with Gasteiger partial charge >= 0.3 is 0 Å². The Morgan fingerprint density at radius 2 is 0.925 bits per heavy atom. The van der Waals surface area contributed by atoms with E-state index in [0.717, 1.165) is 25.8 Å². The van der Waals surface area contributed by atoms with Crippen LogP contribution in [0.2, 0.25) is 0 Å². The van der Waals surface area contributed by atoms with E-state index in [2.05, 4.69) is 28.2 Å². The molecule has 0 heterocycles. The molecule has 0 aliphatic carbocycles. The maximum absolute atomic E-state index is 12.0. The molecule has 0 saturated heterocycles. The van der Waals surface area contributed by atoms with E-state index in [4.69, 9.17) is 0 Å². The predicted molar refractivity (Wildman–Crippen MR) is 149 cm³/mol. The lowest BCUT2D eigenvalue weighted by Crippen LogP contribution is -2.31. The van der Waals surface area contributed by atoms with Crippen molar-refractivity contribution in [3.8, 4) is 0 Å². The van der Waals surface area contributed by atoms with Crippen molar-refractivity contribution in [3.05, 3.63) is 0 Å². The molecule has 6 N–H and O–H groups in total. The first kappa shape index (κ1) is 37.5. The predicted octanol–water partition coefficient (Wildman–Crippen LogP) is 1.40. The number of carbonyl (C=O) groups excluding carboxylic acids is 5. The molecule has 5 amide bonds. The number of unbranched alkanes of at least 4 members (excludes halogenated alkanes) is 6. The third-order valence-corrected chi connectivity index (χ3v) is 6.19. The molecule has 0 bridgehead atoms. The monoisotopic (exact) mass is 592 g/mol. The Kier molecular flexibility index (Phi) is 22.8. The second-order valence-electron chi connectivity index (χ2n) is 9.47. The van der Waals surface area contributed by atoms with Gasteiger partial charge in [-0.1, -0.05) is 19.2 Å². The van der Waals surface area contributed by atoms with E-state index in [9.17, 15) is 39.6 Å². The van der Waals surface area contributed by atoms with Crippen molar-refractivity contribution < 1.29 is 39.6 Å². The Hall–Kier alpha value is -2.46. The molecule has 0 rings (SSSR count). The van der Waals surface area contributed by atoms with Crippen LogP contribution in [0.3, 0.4) is 0 Å². The molecule has 15 heteroatoms. The number of thiol groups is 1. The average molecular weight is 593 g/mol. The number of nitrogens with zero attached hydrogens (tertiary/aromatic N) is 3. The Bertz CT molecular complexity index is 761. The highest BCUT2D eigenvalue weighted by Crippen LogP contribution is 2.03. The third-order valence-electron chi connectivity index (χ3n) is 5.97. The largest absolute Gasteiger partial charge is 0.356 e. The van der Waals surface area contributed by atoms with Crippen LogP contribution in [0.25, 0.3) is 0 Å². The molecule has 0 aromatic heterocycles. The molecule has 40 heavy (non-hydrogen) atoms.